The monoisotopic (exact) mass is 483 g/mol. The van der Waals surface area contributed by atoms with E-state index < -0.39 is 0 Å². The highest BCUT2D eigenvalue weighted by Gasteiger charge is 2.44. The molecule has 36 heavy (non-hydrogen) atoms. The first-order valence-electron chi connectivity index (χ1n) is 12.9. The summed E-state index contributed by atoms with van der Waals surface area (Å²) in [5.74, 6) is -0.535. The summed E-state index contributed by atoms with van der Waals surface area (Å²) in [6, 6.07) is 21.3. The fraction of sp³-hybridized carbons (Fsp3) is 0.355. The summed E-state index contributed by atoms with van der Waals surface area (Å²) in [6.45, 7) is 1.99. The lowest BCUT2D eigenvalue weighted by Crippen LogP contribution is -2.55. The minimum absolute atomic E-state index is 0.0158. The Hall–Kier alpha value is -3.47. The normalized spacial score (nSPS) is 22.6. The van der Waals surface area contributed by atoms with Crippen LogP contribution in [0.1, 0.15) is 65.1 Å². The van der Waals surface area contributed by atoms with Gasteiger partial charge in [-0.3, -0.25) is 4.79 Å². The van der Waals surface area contributed by atoms with Gasteiger partial charge in [0.05, 0.1) is 0 Å². The van der Waals surface area contributed by atoms with Gasteiger partial charge in [0.15, 0.2) is 5.78 Å². The number of aryl methyl sites for hydroxylation is 1. The average Bonchev–Trinajstić information content (AvgIpc) is 3.21. The van der Waals surface area contributed by atoms with E-state index in [0.717, 1.165) is 19.3 Å². The quantitative estimate of drug-likeness (QED) is 0.379. The standard InChI is InChI=1S/C31H30FNO3/c1-19-13-14-20(17-29(19)32)30(34)21-15-22-7-6-8-23(16-21)33(22)31(35)36-18-28-26-11-4-2-9-24(26)25-10-3-5-12-27(25)28/h2-5,9-14,17,21-23,28H,6-8,15-16,18H2,1H3. The molecule has 0 aromatic heterocycles. The third kappa shape index (κ3) is 3.91. The maximum absolute atomic E-state index is 14.1. The lowest BCUT2D eigenvalue weighted by molar-refractivity contribution is 0.00650. The number of nitrogens with zero attached hydrogens (tertiary/aromatic N) is 1. The van der Waals surface area contributed by atoms with E-state index in [9.17, 15) is 14.0 Å². The Kier molecular flexibility index (Phi) is 5.87. The van der Waals surface area contributed by atoms with Crippen molar-refractivity contribution in [3.63, 3.8) is 0 Å². The largest absolute Gasteiger partial charge is 0.448 e. The van der Waals surface area contributed by atoms with Crippen LogP contribution in [0.15, 0.2) is 66.7 Å². The molecule has 0 radical (unpaired) electrons. The van der Waals surface area contributed by atoms with E-state index in [2.05, 4.69) is 24.3 Å². The van der Waals surface area contributed by atoms with Crippen molar-refractivity contribution >= 4 is 11.9 Å². The molecule has 2 bridgehead atoms. The molecular weight excluding hydrogens is 453 g/mol. The van der Waals surface area contributed by atoms with Gasteiger partial charge in [-0.25, -0.2) is 9.18 Å². The smallest absolute Gasteiger partial charge is 0.410 e. The first-order valence-corrected chi connectivity index (χ1v) is 12.9. The molecule has 4 nitrogen and oxygen atoms in total. The van der Waals surface area contributed by atoms with Crippen LogP contribution in [0.5, 0.6) is 0 Å². The van der Waals surface area contributed by atoms with E-state index in [1.54, 1.807) is 19.1 Å². The van der Waals surface area contributed by atoms with Crippen LogP contribution in [-0.4, -0.2) is 35.5 Å². The molecule has 0 saturated carbocycles. The third-order valence-electron chi connectivity index (χ3n) is 8.35. The van der Waals surface area contributed by atoms with Gasteiger partial charge in [-0.1, -0.05) is 60.7 Å². The maximum atomic E-state index is 14.1. The summed E-state index contributed by atoms with van der Waals surface area (Å²) in [5, 5.41) is 0. The second kappa shape index (κ2) is 9.20. The van der Waals surface area contributed by atoms with Crippen LogP contribution in [0.2, 0.25) is 0 Å². The van der Waals surface area contributed by atoms with Crippen molar-refractivity contribution in [1.82, 2.24) is 4.90 Å². The zero-order valence-electron chi connectivity index (χ0n) is 20.5. The van der Waals surface area contributed by atoms with E-state index in [-0.39, 0.29) is 41.6 Å². The third-order valence-corrected chi connectivity index (χ3v) is 8.35. The van der Waals surface area contributed by atoms with Crippen LogP contribution in [0.4, 0.5) is 9.18 Å². The number of hydrogen-bond donors (Lipinski definition) is 0. The van der Waals surface area contributed by atoms with E-state index >= 15 is 0 Å². The Morgan fingerprint density at radius 3 is 2.14 bits per heavy atom. The first-order chi connectivity index (χ1) is 17.5. The Bertz CT molecular complexity index is 1280. The van der Waals surface area contributed by atoms with Crippen LogP contribution in [0.25, 0.3) is 11.1 Å². The van der Waals surface area contributed by atoms with Crippen molar-refractivity contribution in [3.05, 3.63) is 94.8 Å². The predicted molar refractivity (Wildman–Crippen MR) is 137 cm³/mol. The maximum Gasteiger partial charge on any atom is 0.410 e. The number of hydrogen-bond acceptors (Lipinski definition) is 3. The van der Waals surface area contributed by atoms with E-state index in [1.165, 1.54) is 28.3 Å². The molecule has 184 valence electrons. The lowest BCUT2D eigenvalue weighted by atomic mass is 9.76. The van der Waals surface area contributed by atoms with Gasteiger partial charge in [0, 0.05) is 29.5 Å². The van der Waals surface area contributed by atoms with E-state index in [0.29, 0.717) is 30.6 Å². The van der Waals surface area contributed by atoms with Gasteiger partial charge in [0.25, 0.3) is 0 Å². The van der Waals surface area contributed by atoms with Crippen LogP contribution in [0, 0.1) is 18.7 Å². The van der Waals surface area contributed by atoms with Crippen molar-refractivity contribution in [1.29, 1.82) is 0 Å². The van der Waals surface area contributed by atoms with Gasteiger partial charge < -0.3 is 9.64 Å². The molecular formula is C31H30FNO3. The molecule has 6 rings (SSSR count). The van der Waals surface area contributed by atoms with Crippen molar-refractivity contribution < 1.29 is 18.7 Å². The topological polar surface area (TPSA) is 46.6 Å². The number of rotatable bonds is 4. The number of amides is 1. The second-order valence-corrected chi connectivity index (χ2v) is 10.4. The first kappa shape index (κ1) is 23.0. The Morgan fingerprint density at radius 1 is 0.917 bits per heavy atom. The highest BCUT2D eigenvalue weighted by atomic mass is 19.1. The Balaban J connectivity index is 1.16. The van der Waals surface area contributed by atoms with Gasteiger partial charge >= 0.3 is 6.09 Å². The van der Waals surface area contributed by atoms with Gasteiger partial charge in [0.1, 0.15) is 12.4 Å². The van der Waals surface area contributed by atoms with Crippen LogP contribution in [0.3, 0.4) is 0 Å². The minimum atomic E-state index is -0.350. The number of Topliss-reactive ketones (excluding diaryl/α,β-unsaturated/α-hetero) is 1. The molecule has 2 unspecified atom stereocenters. The molecule has 3 aliphatic rings. The SMILES string of the molecule is Cc1ccc(C(=O)C2CC3CCCC(C2)N3C(=O)OCC2c3ccccc3-c3ccccc32)cc1F. The van der Waals surface area contributed by atoms with Crippen molar-refractivity contribution in [2.24, 2.45) is 5.92 Å². The number of halogens is 1. The van der Waals surface area contributed by atoms with Crippen LogP contribution < -0.4 is 0 Å². The fourth-order valence-electron chi connectivity index (χ4n) is 6.54. The minimum Gasteiger partial charge on any atom is -0.448 e. The van der Waals surface area contributed by atoms with Gasteiger partial charge in [-0.2, -0.15) is 0 Å². The molecule has 1 amide bonds. The summed E-state index contributed by atoms with van der Waals surface area (Å²) in [4.78, 5) is 28.5. The molecule has 2 atom stereocenters. The van der Waals surface area contributed by atoms with Gasteiger partial charge in [0.2, 0.25) is 0 Å². The summed E-state index contributed by atoms with van der Waals surface area (Å²) in [6.07, 6.45) is 3.71. The molecule has 3 aromatic rings. The van der Waals surface area contributed by atoms with Crippen molar-refractivity contribution in [3.8, 4) is 11.1 Å². The highest BCUT2D eigenvalue weighted by molar-refractivity contribution is 5.98. The van der Waals surface area contributed by atoms with Crippen molar-refractivity contribution in [2.45, 2.75) is 57.0 Å². The Morgan fingerprint density at radius 2 is 1.53 bits per heavy atom. The summed E-state index contributed by atoms with van der Waals surface area (Å²) >= 11 is 0. The molecule has 0 N–H and O–H groups in total. The number of fused-ring (bicyclic) bond motifs is 5. The molecule has 2 fully saturated rings. The van der Waals surface area contributed by atoms with Gasteiger partial charge in [-0.05, 0) is 72.9 Å². The number of piperidine rings is 2. The van der Waals surface area contributed by atoms with E-state index in [4.69, 9.17) is 4.74 Å². The summed E-state index contributed by atoms with van der Waals surface area (Å²) in [5.41, 5.74) is 5.77. The number of ketones is 1. The molecule has 1 aliphatic carbocycles. The Labute approximate surface area is 211 Å². The molecule has 0 spiro atoms. The molecule has 5 heteroatoms. The average molecular weight is 484 g/mol. The van der Waals surface area contributed by atoms with Gasteiger partial charge in [-0.15, -0.1) is 0 Å². The lowest BCUT2D eigenvalue weighted by Gasteiger charge is -2.47. The second-order valence-electron chi connectivity index (χ2n) is 10.4. The van der Waals surface area contributed by atoms with Crippen LogP contribution >= 0.6 is 0 Å². The number of benzene rings is 3. The number of carbonyl (C=O) groups excluding carboxylic acids is 2. The predicted octanol–water partition coefficient (Wildman–Crippen LogP) is 6.90. The zero-order valence-corrected chi connectivity index (χ0v) is 20.5. The van der Waals surface area contributed by atoms with Crippen molar-refractivity contribution in [2.75, 3.05) is 6.61 Å². The fourth-order valence-corrected chi connectivity index (χ4v) is 6.54. The van der Waals surface area contributed by atoms with E-state index in [1.807, 2.05) is 29.2 Å². The zero-order chi connectivity index (χ0) is 24.8. The van der Waals surface area contributed by atoms with Crippen LogP contribution in [-0.2, 0) is 4.74 Å². The number of ether oxygens (including phenoxy) is 1. The summed E-state index contributed by atoms with van der Waals surface area (Å²) in [7, 11) is 0. The molecule has 2 aliphatic heterocycles. The molecule has 2 saturated heterocycles. The number of carbonyl (C=O) groups is 2. The highest BCUT2D eigenvalue weighted by Crippen LogP contribution is 2.45. The molecule has 2 heterocycles. The summed E-state index contributed by atoms with van der Waals surface area (Å²) < 4.78 is 20.1. The molecule has 3 aromatic carbocycles.